The van der Waals surface area contributed by atoms with Crippen molar-refractivity contribution >= 4 is 16.1 Å². The van der Waals surface area contributed by atoms with E-state index in [9.17, 15) is 26.4 Å². The molecule has 0 amide bonds. The molecule has 7 nitrogen and oxygen atoms in total. The monoisotopic (exact) mass is 289 g/mol. The summed E-state index contributed by atoms with van der Waals surface area (Å²) in [6, 6.07) is 0. The minimum Gasteiger partial charge on any atom is -0.461 e. The average Bonchev–Trinajstić information content (AvgIpc) is 2.64. The summed E-state index contributed by atoms with van der Waals surface area (Å²) in [4.78, 5) is 14.1. The Kier molecular flexibility index (Phi) is 3.84. The minimum absolute atomic E-state index is 0.00271. The van der Waals surface area contributed by atoms with E-state index in [4.69, 9.17) is 0 Å². The standard InChI is InChI=1S/C7H6F3NO6S/c1-2-15-5(12)4-3-16-6(11-4)17-18(13,14)7(8,9)10/h3H,2H2,1H3. The molecular weight excluding hydrogens is 283 g/mol. The normalized spacial score (nSPS) is 12.2. The maximum Gasteiger partial charge on any atom is 0.534 e. The summed E-state index contributed by atoms with van der Waals surface area (Å²) < 4.78 is 69.2. The lowest BCUT2D eigenvalue weighted by atomic mass is 10.5. The molecule has 0 bridgehead atoms. The topological polar surface area (TPSA) is 95.7 Å². The molecule has 0 radical (unpaired) electrons. The van der Waals surface area contributed by atoms with E-state index in [2.05, 4.69) is 18.3 Å². The Hall–Kier alpha value is -1.78. The van der Waals surface area contributed by atoms with Crippen molar-refractivity contribution in [2.24, 2.45) is 0 Å². The third kappa shape index (κ3) is 3.12. The minimum atomic E-state index is -5.88. The fourth-order valence-corrected chi connectivity index (χ4v) is 1.09. The Morgan fingerprint density at radius 2 is 2.11 bits per heavy atom. The van der Waals surface area contributed by atoms with Gasteiger partial charge in [0.25, 0.3) is 0 Å². The molecule has 1 heterocycles. The van der Waals surface area contributed by atoms with Gasteiger partial charge in [0.05, 0.1) is 6.61 Å². The highest BCUT2D eigenvalue weighted by Gasteiger charge is 2.49. The van der Waals surface area contributed by atoms with E-state index in [0.29, 0.717) is 6.26 Å². The van der Waals surface area contributed by atoms with Gasteiger partial charge in [-0.25, -0.2) is 4.79 Å². The number of esters is 1. The Bertz CT molecular complexity index is 534. The summed E-state index contributed by atoms with van der Waals surface area (Å²) in [6.07, 6.45) is -0.616. The quantitative estimate of drug-likeness (QED) is 0.465. The molecule has 1 rings (SSSR count). The Balaban J connectivity index is 2.86. The molecule has 1 aromatic rings. The molecule has 0 saturated heterocycles. The zero-order valence-corrected chi connectivity index (χ0v) is 9.54. The predicted octanol–water partition coefficient (Wildman–Crippen LogP) is 1.08. The molecule has 0 unspecified atom stereocenters. The molecule has 0 spiro atoms. The summed E-state index contributed by atoms with van der Waals surface area (Å²) in [5.41, 5.74) is -6.13. The Labute approximate surface area is 98.6 Å². The fraction of sp³-hybridized carbons (Fsp3) is 0.429. The molecule has 0 atom stereocenters. The van der Waals surface area contributed by atoms with Crippen molar-refractivity contribution in [3.8, 4) is 6.08 Å². The van der Waals surface area contributed by atoms with Gasteiger partial charge in [-0.05, 0) is 6.92 Å². The third-order valence-corrected chi connectivity index (χ3v) is 2.36. The highest BCUT2D eigenvalue weighted by Crippen LogP contribution is 2.26. The first-order chi connectivity index (χ1) is 8.17. The summed E-state index contributed by atoms with van der Waals surface area (Å²) in [7, 11) is -5.88. The molecule has 11 heteroatoms. The molecule has 18 heavy (non-hydrogen) atoms. The number of carbonyl (C=O) groups excluding carboxylic acids is 1. The van der Waals surface area contributed by atoms with Gasteiger partial charge >= 0.3 is 27.7 Å². The van der Waals surface area contributed by atoms with Crippen LogP contribution in [0, 0.1) is 0 Å². The van der Waals surface area contributed by atoms with Crippen molar-refractivity contribution in [1.29, 1.82) is 0 Å². The lowest BCUT2D eigenvalue weighted by molar-refractivity contribution is -0.0508. The summed E-state index contributed by atoms with van der Waals surface area (Å²) in [6.45, 7) is 1.49. The van der Waals surface area contributed by atoms with Crippen molar-refractivity contribution in [3.63, 3.8) is 0 Å². The number of hydrogen-bond donors (Lipinski definition) is 0. The van der Waals surface area contributed by atoms with Crippen molar-refractivity contribution in [2.75, 3.05) is 6.61 Å². The SMILES string of the molecule is CCOC(=O)c1coc(OS(=O)(=O)C(F)(F)F)n1. The van der Waals surface area contributed by atoms with Gasteiger partial charge in [0.1, 0.15) is 6.26 Å². The van der Waals surface area contributed by atoms with Crippen molar-refractivity contribution in [3.05, 3.63) is 12.0 Å². The van der Waals surface area contributed by atoms with Gasteiger partial charge in [0.2, 0.25) is 0 Å². The van der Waals surface area contributed by atoms with Crippen molar-refractivity contribution in [1.82, 2.24) is 4.98 Å². The highest BCUT2D eigenvalue weighted by molar-refractivity contribution is 7.87. The second-order valence-electron chi connectivity index (χ2n) is 2.70. The summed E-state index contributed by atoms with van der Waals surface area (Å²) >= 11 is 0. The number of nitrogens with zero attached hydrogens (tertiary/aromatic N) is 1. The molecule has 0 fully saturated rings. The van der Waals surface area contributed by atoms with Crippen LogP contribution in [0.2, 0.25) is 0 Å². The zero-order valence-electron chi connectivity index (χ0n) is 8.72. The van der Waals surface area contributed by atoms with Gasteiger partial charge in [0.15, 0.2) is 5.69 Å². The molecule has 1 aromatic heterocycles. The highest BCUT2D eigenvalue weighted by atomic mass is 32.2. The van der Waals surface area contributed by atoms with Crippen LogP contribution in [0.25, 0.3) is 0 Å². The van der Waals surface area contributed by atoms with E-state index in [1.165, 1.54) is 6.92 Å². The molecule has 0 saturated carbocycles. The Morgan fingerprint density at radius 3 is 2.61 bits per heavy atom. The van der Waals surface area contributed by atoms with Crippen LogP contribution in [-0.4, -0.2) is 31.5 Å². The molecule has 0 aliphatic heterocycles. The van der Waals surface area contributed by atoms with Crippen molar-refractivity contribution in [2.45, 2.75) is 12.4 Å². The first-order valence-electron chi connectivity index (χ1n) is 4.30. The van der Waals surface area contributed by atoms with E-state index in [1.54, 1.807) is 0 Å². The second-order valence-corrected chi connectivity index (χ2v) is 4.24. The van der Waals surface area contributed by atoms with Crippen LogP contribution in [0.1, 0.15) is 17.4 Å². The number of carbonyl (C=O) groups is 1. The maximum atomic E-state index is 11.9. The van der Waals surface area contributed by atoms with E-state index in [-0.39, 0.29) is 6.61 Å². The second kappa shape index (κ2) is 4.84. The number of ether oxygens (including phenoxy) is 1. The van der Waals surface area contributed by atoms with Gasteiger partial charge in [-0.1, -0.05) is 0 Å². The van der Waals surface area contributed by atoms with E-state index in [0.717, 1.165) is 0 Å². The first-order valence-corrected chi connectivity index (χ1v) is 5.71. The van der Waals surface area contributed by atoms with Crippen molar-refractivity contribution < 1.29 is 39.7 Å². The third-order valence-electron chi connectivity index (χ3n) is 1.43. The van der Waals surface area contributed by atoms with Crippen LogP contribution < -0.4 is 4.18 Å². The first kappa shape index (κ1) is 14.3. The maximum absolute atomic E-state index is 11.9. The van der Waals surface area contributed by atoms with E-state index >= 15 is 0 Å². The predicted molar refractivity (Wildman–Crippen MR) is 48.1 cm³/mol. The fourth-order valence-electron chi connectivity index (χ4n) is 0.735. The molecule has 0 aromatic carbocycles. The van der Waals surface area contributed by atoms with Gasteiger partial charge < -0.3 is 13.3 Å². The molecular formula is C7H6F3NO6S. The Morgan fingerprint density at radius 1 is 1.50 bits per heavy atom. The number of halogens is 3. The van der Waals surface area contributed by atoms with E-state index < -0.39 is 33.4 Å². The lowest BCUT2D eigenvalue weighted by Gasteiger charge is -2.05. The number of hydrogen-bond acceptors (Lipinski definition) is 7. The van der Waals surface area contributed by atoms with Gasteiger partial charge in [0, 0.05) is 0 Å². The molecule has 102 valence electrons. The van der Waals surface area contributed by atoms with Gasteiger partial charge in [-0.3, -0.25) is 0 Å². The number of rotatable bonds is 4. The smallest absolute Gasteiger partial charge is 0.461 e. The van der Waals surface area contributed by atoms with Gasteiger partial charge in [-0.2, -0.15) is 26.6 Å². The summed E-state index contributed by atoms with van der Waals surface area (Å²) in [5.74, 6) is -0.986. The van der Waals surface area contributed by atoms with Crippen LogP contribution in [0.15, 0.2) is 10.7 Å². The van der Waals surface area contributed by atoms with E-state index in [1.807, 2.05) is 0 Å². The van der Waals surface area contributed by atoms with Crippen LogP contribution in [0.5, 0.6) is 6.08 Å². The lowest BCUT2D eigenvalue weighted by Crippen LogP contribution is -2.28. The van der Waals surface area contributed by atoms with Crippen LogP contribution in [0.3, 0.4) is 0 Å². The summed E-state index contributed by atoms with van der Waals surface area (Å²) in [5, 5.41) is 0. The number of alkyl halides is 3. The van der Waals surface area contributed by atoms with Crippen LogP contribution >= 0.6 is 0 Å². The van der Waals surface area contributed by atoms with Crippen LogP contribution in [-0.2, 0) is 14.9 Å². The number of aromatic nitrogens is 1. The molecule has 0 aliphatic carbocycles. The van der Waals surface area contributed by atoms with Gasteiger partial charge in [-0.15, -0.1) is 0 Å². The van der Waals surface area contributed by atoms with Crippen LogP contribution in [0.4, 0.5) is 13.2 Å². The largest absolute Gasteiger partial charge is 0.534 e. The molecule has 0 aliphatic rings. The number of oxazole rings is 1. The zero-order chi connectivity index (χ0) is 14.0. The molecule has 0 N–H and O–H groups in total. The average molecular weight is 289 g/mol.